The van der Waals surface area contributed by atoms with Crippen molar-refractivity contribution in [1.82, 2.24) is 19.8 Å². The second-order valence-electron chi connectivity index (χ2n) is 6.82. The first-order valence-corrected chi connectivity index (χ1v) is 9.24. The van der Waals surface area contributed by atoms with Crippen LogP contribution in [0.4, 0.5) is 0 Å². The summed E-state index contributed by atoms with van der Waals surface area (Å²) in [6.07, 6.45) is 5.11. The smallest absolute Gasteiger partial charge is 0.194 e. The minimum atomic E-state index is 0. The number of guanidine groups is 1. The number of rotatable bonds is 6. The van der Waals surface area contributed by atoms with Crippen molar-refractivity contribution in [3.05, 3.63) is 59.5 Å². The molecule has 0 saturated carbocycles. The van der Waals surface area contributed by atoms with Crippen LogP contribution in [0.25, 0.3) is 10.9 Å². The topological polar surface area (TPSA) is 48.4 Å². The van der Waals surface area contributed by atoms with Crippen molar-refractivity contribution < 1.29 is 0 Å². The monoisotopic (exact) mass is 479 g/mol. The van der Waals surface area contributed by atoms with Crippen LogP contribution in [0.1, 0.15) is 23.7 Å². The number of halogens is 1. The molecule has 0 atom stereocenters. The summed E-state index contributed by atoms with van der Waals surface area (Å²) in [6, 6.07) is 10.8. The van der Waals surface area contributed by atoms with Gasteiger partial charge in [-0.25, -0.2) is 0 Å². The third kappa shape index (κ3) is 5.28. The normalized spacial score (nSPS) is 11.5. The highest BCUT2D eigenvalue weighted by Crippen LogP contribution is 2.20. The van der Waals surface area contributed by atoms with Crippen LogP contribution in [0.2, 0.25) is 0 Å². The Hall–Kier alpha value is -1.96. The Labute approximate surface area is 178 Å². The summed E-state index contributed by atoms with van der Waals surface area (Å²) >= 11 is 0. The van der Waals surface area contributed by atoms with Gasteiger partial charge >= 0.3 is 0 Å². The molecule has 5 nitrogen and oxygen atoms in total. The second kappa shape index (κ2) is 9.82. The van der Waals surface area contributed by atoms with Gasteiger partial charge in [-0.05, 0) is 49.6 Å². The number of aromatic amines is 1. The van der Waals surface area contributed by atoms with E-state index in [4.69, 9.17) is 4.99 Å². The lowest BCUT2D eigenvalue weighted by molar-refractivity contribution is 0.462. The van der Waals surface area contributed by atoms with E-state index in [1.54, 1.807) is 0 Å². The van der Waals surface area contributed by atoms with Crippen molar-refractivity contribution >= 4 is 40.8 Å². The predicted molar refractivity (Wildman–Crippen MR) is 125 cm³/mol. The third-order valence-corrected chi connectivity index (χ3v) is 4.71. The number of aryl methyl sites for hydroxylation is 2. The maximum atomic E-state index is 4.83. The molecular formula is C21H30IN5. The second-order valence-corrected chi connectivity index (χ2v) is 6.82. The average molecular weight is 479 g/mol. The zero-order chi connectivity index (χ0) is 18.5. The Kier molecular flexibility index (Phi) is 7.77. The van der Waals surface area contributed by atoms with Crippen molar-refractivity contribution in [3.63, 3.8) is 0 Å². The SMILES string of the molecule is CCNC(=NCCc1c[nH]c2cc(C)ccc12)N(C)Cc1cccn1C.I. The third-order valence-electron chi connectivity index (χ3n) is 4.71. The molecule has 0 aliphatic carbocycles. The van der Waals surface area contributed by atoms with Gasteiger partial charge in [0.1, 0.15) is 0 Å². The van der Waals surface area contributed by atoms with E-state index in [-0.39, 0.29) is 24.0 Å². The molecule has 0 bridgehead atoms. The Morgan fingerprint density at radius 2 is 2.11 bits per heavy atom. The number of aromatic nitrogens is 2. The number of hydrogen-bond donors (Lipinski definition) is 2. The maximum absolute atomic E-state index is 4.83. The van der Waals surface area contributed by atoms with E-state index < -0.39 is 0 Å². The number of hydrogen-bond acceptors (Lipinski definition) is 1. The molecule has 0 amide bonds. The van der Waals surface area contributed by atoms with Crippen LogP contribution in [0.3, 0.4) is 0 Å². The lowest BCUT2D eigenvalue weighted by atomic mass is 10.1. The number of nitrogens with one attached hydrogen (secondary N) is 2. The van der Waals surface area contributed by atoms with Crippen molar-refractivity contribution in [2.75, 3.05) is 20.1 Å². The van der Waals surface area contributed by atoms with Crippen LogP contribution < -0.4 is 5.32 Å². The zero-order valence-electron chi connectivity index (χ0n) is 16.6. The number of H-pyrrole nitrogens is 1. The summed E-state index contributed by atoms with van der Waals surface area (Å²) in [7, 11) is 4.16. The van der Waals surface area contributed by atoms with Crippen LogP contribution in [0.5, 0.6) is 0 Å². The van der Waals surface area contributed by atoms with Gasteiger partial charge in [-0.15, -0.1) is 24.0 Å². The summed E-state index contributed by atoms with van der Waals surface area (Å²) in [4.78, 5) is 10.4. The lowest BCUT2D eigenvalue weighted by Gasteiger charge is -2.22. The van der Waals surface area contributed by atoms with E-state index in [1.165, 1.54) is 27.7 Å². The fourth-order valence-electron chi connectivity index (χ4n) is 3.24. The Morgan fingerprint density at radius 3 is 2.81 bits per heavy atom. The summed E-state index contributed by atoms with van der Waals surface area (Å²) in [5, 5.41) is 4.70. The zero-order valence-corrected chi connectivity index (χ0v) is 19.0. The van der Waals surface area contributed by atoms with Crippen LogP contribution in [-0.4, -0.2) is 40.5 Å². The largest absolute Gasteiger partial charge is 0.361 e. The fraction of sp³-hybridized carbons (Fsp3) is 0.381. The van der Waals surface area contributed by atoms with Crippen LogP contribution >= 0.6 is 24.0 Å². The van der Waals surface area contributed by atoms with E-state index in [1.807, 2.05) is 0 Å². The first-order valence-electron chi connectivity index (χ1n) is 9.24. The van der Waals surface area contributed by atoms with Gasteiger partial charge in [-0.2, -0.15) is 0 Å². The van der Waals surface area contributed by atoms with E-state index in [2.05, 4.69) is 90.4 Å². The van der Waals surface area contributed by atoms with Gasteiger partial charge in [0.25, 0.3) is 0 Å². The molecule has 2 heterocycles. The van der Waals surface area contributed by atoms with Gasteiger partial charge in [-0.1, -0.05) is 12.1 Å². The molecule has 27 heavy (non-hydrogen) atoms. The predicted octanol–water partition coefficient (Wildman–Crippen LogP) is 4.07. The Balaban J connectivity index is 0.00000261. The van der Waals surface area contributed by atoms with E-state index in [0.29, 0.717) is 0 Å². The molecule has 0 aliphatic rings. The molecule has 6 heteroatoms. The van der Waals surface area contributed by atoms with Gasteiger partial charge in [0.05, 0.1) is 6.54 Å². The summed E-state index contributed by atoms with van der Waals surface area (Å²) < 4.78 is 2.15. The molecule has 0 aliphatic heterocycles. The van der Waals surface area contributed by atoms with Gasteiger partial charge in [0, 0.05) is 56.2 Å². The van der Waals surface area contributed by atoms with Gasteiger partial charge in [0.15, 0.2) is 5.96 Å². The highest BCUT2D eigenvalue weighted by Gasteiger charge is 2.09. The van der Waals surface area contributed by atoms with Crippen LogP contribution in [-0.2, 0) is 20.0 Å². The van der Waals surface area contributed by atoms with E-state index in [9.17, 15) is 0 Å². The highest BCUT2D eigenvalue weighted by molar-refractivity contribution is 14.0. The minimum Gasteiger partial charge on any atom is -0.361 e. The van der Waals surface area contributed by atoms with Gasteiger partial charge in [0.2, 0.25) is 0 Å². The maximum Gasteiger partial charge on any atom is 0.194 e. The molecule has 0 spiro atoms. The molecule has 0 fully saturated rings. The number of fused-ring (bicyclic) bond motifs is 1. The summed E-state index contributed by atoms with van der Waals surface area (Å²) in [5.41, 5.74) is 5.08. The molecule has 0 radical (unpaired) electrons. The summed E-state index contributed by atoms with van der Waals surface area (Å²) in [6.45, 7) is 6.69. The Bertz CT molecular complexity index is 893. The van der Waals surface area contributed by atoms with Gasteiger partial charge in [-0.3, -0.25) is 4.99 Å². The quantitative estimate of drug-likeness (QED) is 0.318. The molecule has 146 valence electrons. The first-order chi connectivity index (χ1) is 12.6. The first kappa shape index (κ1) is 21.3. The summed E-state index contributed by atoms with van der Waals surface area (Å²) in [5.74, 6) is 0.949. The van der Waals surface area contributed by atoms with Crippen molar-refractivity contribution in [3.8, 4) is 0 Å². The van der Waals surface area contributed by atoms with Crippen molar-refractivity contribution in [2.24, 2.45) is 12.0 Å². The average Bonchev–Trinajstić information content (AvgIpc) is 3.20. The highest BCUT2D eigenvalue weighted by atomic mass is 127. The van der Waals surface area contributed by atoms with Gasteiger partial charge < -0.3 is 19.8 Å². The number of aliphatic imine (C=N–C) groups is 1. The van der Waals surface area contributed by atoms with E-state index in [0.717, 1.165) is 32.0 Å². The molecule has 0 saturated heterocycles. The standard InChI is InChI=1S/C21H29N5.HI/c1-5-22-21(26(4)15-18-7-6-12-25(18)3)23-11-10-17-14-24-20-13-16(2)8-9-19(17)20;/h6-9,12-14,24H,5,10-11,15H2,1-4H3,(H,22,23);1H. The van der Waals surface area contributed by atoms with Crippen LogP contribution in [0, 0.1) is 6.92 Å². The fourth-order valence-corrected chi connectivity index (χ4v) is 3.24. The van der Waals surface area contributed by atoms with E-state index >= 15 is 0 Å². The van der Waals surface area contributed by atoms with Crippen molar-refractivity contribution in [1.29, 1.82) is 0 Å². The molecule has 3 aromatic rings. The molecule has 0 unspecified atom stereocenters. The minimum absolute atomic E-state index is 0. The Morgan fingerprint density at radius 1 is 1.30 bits per heavy atom. The molecule has 1 aromatic carbocycles. The van der Waals surface area contributed by atoms with Crippen LogP contribution in [0.15, 0.2) is 47.7 Å². The molecule has 3 rings (SSSR count). The lowest BCUT2D eigenvalue weighted by Crippen LogP contribution is -2.39. The molecule has 2 N–H and O–H groups in total. The molecule has 2 aromatic heterocycles. The van der Waals surface area contributed by atoms with Crippen molar-refractivity contribution in [2.45, 2.75) is 26.8 Å². The number of benzene rings is 1. The molecular weight excluding hydrogens is 449 g/mol. The number of nitrogens with zero attached hydrogens (tertiary/aromatic N) is 3.